The molecule has 3 N–H and O–H groups in total. The van der Waals surface area contributed by atoms with Crippen molar-refractivity contribution < 1.29 is 4.79 Å². The smallest absolute Gasteiger partial charge is 0.269 e. The number of aromatic amines is 1. The number of rotatable bonds is 5. The second-order valence-corrected chi connectivity index (χ2v) is 5.92. The third kappa shape index (κ3) is 2.91. The van der Waals surface area contributed by atoms with Crippen LogP contribution in [0.5, 0.6) is 0 Å². The molecule has 0 bridgehead atoms. The highest BCUT2D eigenvalue weighted by atomic mass is 32.1. The maximum Gasteiger partial charge on any atom is 0.269 e. The third-order valence-corrected chi connectivity index (χ3v) is 4.60. The Hall–Kier alpha value is -1.66. The number of nitrogens with zero attached hydrogens (tertiary/aromatic N) is 1. The van der Waals surface area contributed by atoms with Crippen LogP contribution in [0.3, 0.4) is 0 Å². The van der Waals surface area contributed by atoms with Gasteiger partial charge in [-0.05, 0) is 42.3 Å². The average molecular weight is 290 g/mol. The summed E-state index contributed by atoms with van der Waals surface area (Å²) in [6, 6.07) is 4.33. The maximum absolute atomic E-state index is 11.7. The molecule has 0 aromatic carbocycles. The molecule has 0 spiro atoms. The quantitative estimate of drug-likeness (QED) is 0.736. The third-order valence-electron chi connectivity index (χ3n) is 3.60. The summed E-state index contributed by atoms with van der Waals surface area (Å²) in [5.41, 5.74) is 1.95. The molecule has 1 amide bonds. The van der Waals surface area contributed by atoms with Crippen molar-refractivity contribution in [3.8, 4) is 0 Å². The SMILES string of the molecule is O=C(NCCN[C@@H]1CCCc2sccc21)c1ccn[nH]1. The van der Waals surface area contributed by atoms with E-state index in [1.807, 2.05) is 11.3 Å². The van der Waals surface area contributed by atoms with Gasteiger partial charge in [0, 0.05) is 30.2 Å². The van der Waals surface area contributed by atoms with E-state index in [1.54, 1.807) is 12.3 Å². The van der Waals surface area contributed by atoms with Gasteiger partial charge in [0.05, 0.1) is 0 Å². The van der Waals surface area contributed by atoms with E-state index >= 15 is 0 Å². The zero-order valence-corrected chi connectivity index (χ0v) is 12.0. The van der Waals surface area contributed by atoms with Gasteiger partial charge in [-0.25, -0.2) is 0 Å². The van der Waals surface area contributed by atoms with Crippen molar-refractivity contribution in [2.24, 2.45) is 0 Å². The van der Waals surface area contributed by atoms with Crippen LogP contribution in [0.15, 0.2) is 23.7 Å². The van der Waals surface area contributed by atoms with Gasteiger partial charge in [-0.1, -0.05) is 0 Å². The van der Waals surface area contributed by atoms with Crippen molar-refractivity contribution in [2.45, 2.75) is 25.3 Å². The molecule has 0 radical (unpaired) electrons. The van der Waals surface area contributed by atoms with E-state index in [4.69, 9.17) is 0 Å². The lowest BCUT2D eigenvalue weighted by Gasteiger charge is -2.23. The number of aryl methyl sites for hydroxylation is 1. The first-order chi connectivity index (χ1) is 9.84. The summed E-state index contributed by atoms with van der Waals surface area (Å²) in [4.78, 5) is 13.2. The molecule has 1 atom stereocenters. The molecule has 0 unspecified atom stereocenters. The molecule has 2 heterocycles. The molecule has 2 aromatic heterocycles. The Morgan fingerprint density at radius 3 is 3.25 bits per heavy atom. The Bertz CT molecular complexity index is 564. The molecule has 0 fully saturated rings. The van der Waals surface area contributed by atoms with Crippen LogP contribution < -0.4 is 10.6 Å². The summed E-state index contributed by atoms with van der Waals surface area (Å²) in [7, 11) is 0. The number of carbonyl (C=O) groups excluding carboxylic acids is 1. The van der Waals surface area contributed by atoms with E-state index in [1.165, 1.54) is 29.7 Å². The Morgan fingerprint density at radius 1 is 1.45 bits per heavy atom. The normalized spacial score (nSPS) is 17.7. The van der Waals surface area contributed by atoms with E-state index in [9.17, 15) is 4.79 Å². The van der Waals surface area contributed by atoms with Gasteiger partial charge in [-0.3, -0.25) is 9.89 Å². The molecule has 5 nitrogen and oxygen atoms in total. The highest BCUT2D eigenvalue weighted by Crippen LogP contribution is 2.32. The van der Waals surface area contributed by atoms with Crippen molar-refractivity contribution in [1.29, 1.82) is 0 Å². The van der Waals surface area contributed by atoms with Gasteiger partial charge >= 0.3 is 0 Å². The Kier molecular flexibility index (Phi) is 4.13. The van der Waals surface area contributed by atoms with Crippen molar-refractivity contribution in [2.75, 3.05) is 13.1 Å². The van der Waals surface area contributed by atoms with E-state index in [0.29, 0.717) is 18.3 Å². The van der Waals surface area contributed by atoms with Crippen LogP contribution in [0, 0.1) is 0 Å². The molecular weight excluding hydrogens is 272 g/mol. The lowest BCUT2D eigenvalue weighted by atomic mass is 9.94. The topological polar surface area (TPSA) is 69.8 Å². The van der Waals surface area contributed by atoms with Crippen LogP contribution in [0.4, 0.5) is 0 Å². The summed E-state index contributed by atoms with van der Waals surface area (Å²) in [5, 5.41) is 15.0. The first-order valence-electron chi connectivity index (χ1n) is 6.92. The van der Waals surface area contributed by atoms with Crippen LogP contribution >= 0.6 is 11.3 Å². The van der Waals surface area contributed by atoms with Crippen LogP contribution in [-0.2, 0) is 6.42 Å². The molecule has 106 valence electrons. The fourth-order valence-corrected chi connectivity index (χ4v) is 3.59. The number of thiophene rings is 1. The molecule has 3 rings (SSSR count). The fraction of sp³-hybridized carbons (Fsp3) is 0.429. The Balaban J connectivity index is 1.44. The largest absolute Gasteiger partial charge is 0.349 e. The summed E-state index contributed by atoms with van der Waals surface area (Å²) >= 11 is 1.85. The second kappa shape index (κ2) is 6.19. The maximum atomic E-state index is 11.7. The van der Waals surface area contributed by atoms with E-state index in [2.05, 4.69) is 32.3 Å². The molecule has 20 heavy (non-hydrogen) atoms. The second-order valence-electron chi connectivity index (χ2n) is 4.92. The lowest BCUT2D eigenvalue weighted by Crippen LogP contribution is -2.34. The van der Waals surface area contributed by atoms with Crippen molar-refractivity contribution in [3.63, 3.8) is 0 Å². The van der Waals surface area contributed by atoms with Crippen LogP contribution in [0.1, 0.15) is 39.8 Å². The van der Waals surface area contributed by atoms with Gasteiger partial charge < -0.3 is 10.6 Å². The standard InChI is InChI=1S/C14H18N4OS/c19-14(12-4-6-17-18-12)16-8-7-15-11-2-1-3-13-10(11)5-9-20-13/h4-6,9,11,15H,1-3,7-8H2,(H,16,19)(H,17,18)/t11-/m1/s1. The molecule has 0 aliphatic heterocycles. The highest BCUT2D eigenvalue weighted by molar-refractivity contribution is 7.10. The first-order valence-corrected chi connectivity index (χ1v) is 7.80. The van der Waals surface area contributed by atoms with Crippen LogP contribution in [0.2, 0.25) is 0 Å². The number of fused-ring (bicyclic) bond motifs is 1. The molecule has 0 saturated carbocycles. The predicted molar refractivity (Wildman–Crippen MR) is 78.9 cm³/mol. The van der Waals surface area contributed by atoms with Crippen molar-refractivity contribution in [1.82, 2.24) is 20.8 Å². The fourth-order valence-electron chi connectivity index (χ4n) is 2.60. The molecular formula is C14H18N4OS. The van der Waals surface area contributed by atoms with Gasteiger partial charge in [0.15, 0.2) is 0 Å². The van der Waals surface area contributed by atoms with Crippen molar-refractivity contribution >= 4 is 17.2 Å². The molecule has 0 saturated heterocycles. The van der Waals surface area contributed by atoms with Gasteiger partial charge in [-0.2, -0.15) is 5.10 Å². The molecule has 6 heteroatoms. The average Bonchev–Trinajstić information content (AvgIpc) is 3.13. The molecule has 2 aromatic rings. The highest BCUT2D eigenvalue weighted by Gasteiger charge is 2.20. The van der Waals surface area contributed by atoms with Crippen LogP contribution in [0.25, 0.3) is 0 Å². The number of amides is 1. The van der Waals surface area contributed by atoms with Gasteiger partial charge in [0.25, 0.3) is 5.91 Å². The summed E-state index contributed by atoms with van der Waals surface area (Å²) in [6.07, 6.45) is 5.21. The first kappa shape index (κ1) is 13.3. The summed E-state index contributed by atoms with van der Waals surface area (Å²) in [5.74, 6) is -0.107. The minimum Gasteiger partial charge on any atom is -0.349 e. The zero-order valence-electron chi connectivity index (χ0n) is 11.2. The zero-order chi connectivity index (χ0) is 13.8. The molecule has 1 aliphatic carbocycles. The van der Waals surface area contributed by atoms with Gasteiger partial charge in [0.2, 0.25) is 0 Å². The van der Waals surface area contributed by atoms with Gasteiger partial charge in [0.1, 0.15) is 5.69 Å². The van der Waals surface area contributed by atoms with E-state index in [-0.39, 0.29) is 5.91 Å². The van der Waals surface area contributed by atoms with E-state index < -0.39 is 0 Å². The number of hydrogen-bond acceptors (Lipinski definition) is 4. The van der Waals surface area contributed by atoms with Gasteiger partial charge in [-0.15, -0.1) is 11.3 Å². The Morgan fingerprint density at radius 2 is 2.40 bits per heavy atom. The van der Waals surface area contributed by atoms with E-state index in [0.717, 1.165) is 6.54 Å². The number of aromatic nitrogens is 2. The Labute approximate surface area is 121 Å². The molecule has 1 aliphatic rings. The number of carbonyl (C=O) groups is 1. The summed E-state index contributed by atoms with van der Waals surface area (Å²) < 4.78 is 0. The minimum atomic E-state index is -0.107. The number of H-pyrrole nitrogens is 1. The number of hydrogen-bond donors (Lipinski definition) is 3. The predicted octanol–water partition coefficient (Wildman–Crippen LogP) is 1.87. The lowest BCUT2D eigenvalue weighted by molar-refractivity contribution is 0.0948. The minimum absolute atomic E-state index is 0.107. The monoisotopic (exact) mass is 290 g/mol. The number of nitrogens with one attached hydrogen (secondary N) is 3. The van der Waals surface area contributed by atoms with Crippen molar-refractivity contribution in [3.05, 3.63) is 39.8 Å². The summed E-state index contributed by atoms with van der Waals surface area (Å²) in [6.45, 7) is 1.40. The van der Waals surface area contributed by atoms with Crippen LogP contribution in [-0.4, -0.2) is 29.2 Å².